The molecule has 4 rings (SSSR count). The second-order valence-corrected chi connectivity index (χ2v) is 29.2. The summed E-state index contributed by atoms with van der Waals surface area (Å²) in [4.78, 5) is 0. The van der Waals surface area contributed by atoms with Crippen LogP contribution in [-0.2, 0) is 0 Å². The van der Waals surface area contributed by atoms with Crippen molar-refractivity contribution in [2.45, 2.75) is 420 Å². The number of unbranched alkanes of at least 4 members (excludes halogenated alkanes) is 55. The molecule has 6 heteroatoms. The molecule has 0 atom stereocenters. The van der Waals surface area contributed by atoms with Crippen molar-refractivity contribution in [3.63, 3.8) is 0 Å². The molecule has 0 aliphatic rings. The van der Waals surface area contributed by atoms with Gasteiger partial charge in [0.05, 0.1) is 33.0 Å². The zero-order chi connectivity index (χ0) is 66.7. The van der Waals surface area contributed by atoms with E-state index in [1.54, 1.807) is 0 Å². The molecule has 0 aliphatic heterocycles. The fraction of sp³-hybridized carbons (Fsp3) is 0.795. The highest BCUT2D eigenvalue weighted by molar-refractivity contribution is 6.26. The van der Waals surface area contributed by atoms with Gasteiger partial charge in [-0.3, -0.25) is 0 Å². The largest absolute Gasteiger partial charge is 0.504 e. The summed E-state index contributed by atoms with van der Waals surface area (Å²) in [6, 6.07) is 13.1. The molecule has 6 nitrogen and oxygen atoms in total. The van der Waals surface area contributed by atoms with Crippen LogP contribution in [0.1, 0.15) is 420 Å². The maximum atomic E-state index is 12.0. The summed E-state index contributed by atoms with van der Waals surface area (Å²) in [7, 11) is 0. The van der Waals surface area contributed by atoms with Crippen molar-refractivity contribution >= 4 is 32.3 Å². The molecule has 0 heterocycles. The van der Waals surface area contributed by atoms with Crippen LogP contribution in [0.15, 0.2) is 36.4 Å². The Hall–Kier alpha value is -3.54. The molecule has 0 unspecified atom stereocenters. The van der Waals surface area contributed by atoms with Crippen LogP contribution in [0, 0.1) is 0 Å². The number of benzene rings is 4. The molecule has 0 saturated carbocycles. The molecular weight excluding hydrogens is 1150 g/mol. The van der Waals surface area contributed by atoms with Crippen LogP contribution in [0.5, 0.6) is 34.5 Å². The quantitative estimate of drug-likeness (QED) is 0.0351. The van der Waals surface area contributed by atoms with Gasteiger partial charge in [-0.15, -0.1) is 0 Å². The first-order valence-corrected chi connectivity index (χ1v) is 41.9. The summed E-state index contributed by atoms with van der Waals surface area (Å²) in [6.07, 6.45) is 78.7. The molecule has 0 spiro atoms. The molecule has 1 N–H and O–H groups in total. The minimum absolute atomic E-state index is 0.184. The Labute approximate surface area is 581 Å². The highest BCUT2D eigenvalue weighted by atomic mass is 16.5. The van der Waals surface area contributed by atoms with E-state index in [9.17, 15) is 5.11 Å². The first kappa shape index (κ1) is 82.9. The van der Waals surface area contributed by atoms with Crippen LogP contribution in [0.4, 0.5) is 0 Å². The highest BCUT2D eigenvalue weighted by Crippen LogP contribution is 2.47. The Morgan fingerprint density at radius 2 is 0.298 bits per heavy atom. The van der Waals surface area contributed by atoms with E-state index in [1.807, 2.05) is 6.07 Å². The minimum atomic E-state index is 0.184. The average Bonchev–Trinajstić information content (AvgIpc) is 0.730. The third-order valence-electron chi connectivity index (χ3n) is 20.4. The summed E-state index contributed by atoms with van der Waals surface area (Å²) in [5, 5.41) is 18.3. The van der Waals surface area contributed by atoms with Crippen molar-refractivity contribution < 1.29 is 28.8 Å². The van der Waals surface area contributed by atoms with Crippen LogP contribution >= 0.6 is 0 Å². The molecule has 540 valence electrons. The topological polar surface area (TPSA) is 66.4 Å². The Morgan fingerprint density at radius 1 is 0.170 bits per heavy atom. The van der Waals surface area contributed by atoms with Crippen LogP contribution in [0.3, 0.4) is 0 Å². The predicted octanol–water partition coefficient (Wildman–Crippen LogP) is 30.3. The van der Waals surface area contributed by atoms with E-state index in [-0.39, 0.29) is 5.75 Å². The van der Waals surface area contributed by atoms with Gasteiger partial charge in [0.25, 0.3) is 0 Å². The monoisotopic (exact) mass is 1310 g/mol. The van der Waals surface area contributed by atoms with Crippen molar-refractivity contribution in [1.82, 2.24) is 0 Å². The summed E-state index contributed by atoms with van der Waals surface area (Å²) >= 11 is 0. The number of rotatable bonds is 70. The number of phenolic OH excluding ortho intramolecular Hbond substituents is 1. The second-order valence-electron chi connectivity index (χ2n) is 29.2. The first-order chi connectivity index (χ1) is 46.6. The van der Waals surface area contributed by atoms with Crippen LogP contribution in [-0.4, -0.2) is 38.1 Å². The maximum Gasteiger partial charge on any atom is 0.161 e. The summed E-state index contributed by atoms with van der Waals surface area (Å²) in [5.74, 6) is 3.98. The number of hydrogen-bond acceptors (Lipinski definition) is 6. The molecule has 0 aromatic heterocycles. The minimum Gasteiger partial charge on any atom is -0.504 e. The summed E-state index contributed by atoms with van der Waals surface area (Å²) in [6.45, 7) is 14.7. The second kappa shape index (κ2) is 59.5. The fourth-order valence-corrected chi connectivity index (χ4v) is 14.2. The van der Waals surface area contributed by atoms with E-state index < -0.39 is 0 Å². The van der Waals surface area contributed by atoms with E-state index in [2.05, 4.69) is 65.0 Å². The van der Waals surface area contributed by atoms with Gasteiger partial charge in [0, 0.05) is 0 Å². The van der Waals surface area contributed by atoms with Gasteiger partial charge in [-0.25, -0.2) is 0 Å². The SMILES string of the molecule is CCCCCCCCCCCCCCOc1cc2c(cc1O)c1cc(OCCCCCCCCCCCCCC)c(OCCCCCCCCCCCCCC)cc1c1cc(OCCCCCCCCCCCCCC)c(OCCCCCCCCCCCCCC)cc21. The Kier molecular flexibility index (Phi) is 52.5. The van der Waals surface area contributed by atoms with E-state index in [0.29, 0.717) is 38.8 Å². The van der Waals surface area contributed by atoms with Crippen molar-refractivity contribution in [3.05, 3.63) is 36.4 Å². The van der Waals surface area contributed by atoms with Crippen LogP contribution < -0.4 is 23.7 Å². The molecule has 4 aromatic rings. The molecule has 0 fully saturated rings. The van der Waals surface area contributed by atoms with Crippen LogP contribution in [0.25, 0.3) is 32.3 Å². The lowest BCUT2D eigenvalue weighted by atomic mass is 9.93. The van der Waals surface area contributed by atoms with E-state index >= 15 is 0 Å². The number of hydrogen-bond donors (Lipinski definition) is 1. The summed E-state index contributed by atoms with van der Waals surface area (Å²) in [5.41, 5.74) is 0. The number of aromatic hydroxyl groups is 1. The Bertz CT molecular complexity index is 2290. The van der Waals surface area contributed by atoms with Gasteiger partial charge < -0.3 is 28.8 Å². The molecule has 0 amide bonds. The van der Waals surface area contributed by atoms with Crippen molar-refractivity contribution in [1.29, 1.82) is 0 Å². The summed E-state index contributed by atoms with van der Waals surface area (Å²) < 4.78 is 34.2. The molecule has 94 heavy (non-hydrogen) atoms. The van der Waals surface area contributed by atoms with E-state index in [0.717, 1.165) is 93.8 Å². The van der Waals surface area contributed by atoms with Gasteiger partial charge in [-0.05, 0) is 101 Å². The zero-order valence-electron chi connectivity index (χ0n) is 62.9. The third kappa shape index (κ3) is 39.2. The number of phenols is 1. The van der Waals surface area contributed by atoms with Gasteiger partial charge in [-0.1, -0.05) is 388 Å². The zero-order valence-corrected chi connectivity index (χ0v) is 62.9. The predicted molar refractivity (Wildman–Crippen MR) is 413 cm³/mol. The Balaban J connectivity index is 1.62. The smallest absolute Gasteiger partial charge is 0.161 e. The van der Waals surface area contributed by atoms with Crippen molar-refractivity contribution in [2.75, 3.05) is 33.0 Å². The molecule has 0 aliphatic carbocycles. The van der Waals surface area contributed by atoms with E-state index in [4.69, 9.17) is 23.7 Å². The fourth-order valence-electron chi connectivity index (χ4n) is 14.2. The number of fused-ring (bicyclic) bond motifs is 6. The van der Waals surface area contributed by atoms with Crippen LogP contribution in [0.2, 0.25) is 0 Å². The molecule has 4 aromatic carbocycles. The van der Waals surface area contributed by atoms with Crippen molar-refractivity contribution in [3.8, 4) is 34.5 Å². The standard InChI is InChI=1S/C88H152O6/c1-6-11-16-21-26-31-36-41-46-51-56-61-66-90-84-72-78-77(71-83(84)89)79-73-85(91-67-62-57-52-47-42-37-32-27-22-17-12-7-2)87(93-69-64-59-54-49-44-39-34-29-24-19-14-9-4)75-81(79)82-76-88(94-70-65-60-55-50-45-40-35-30-25-20-15-10-5)86(74-80(78)82)92-68-63-58-53-48-43-38-33-28-23-18-13-8-3/h71-76,89H,6-70H2,1-5H3. The van der Waals surface area contributed by atoms with Gasteiger partial charge in [0.2, 0.25) is 0 Å². The molecular formula is C88H152O6. The molecule has 0 saturated heterocycles. The first-order valence-electron chi connectivity index (χ1n) is 41.9. The van der Waals surface area contributed by atoms with E-state index in [1.165, 1.54) is 347 Å². The lowest BCUT2D eigenvalue weighted by molar-refractivity contribution is 0.258. The van der Waals surface area contributed by atoms with Gasteiger partial charge in [-0.2, -0.15) is 0 Å². The number of ether oxygens (including phenoxy) is 5. The van der Waals surface area contributed by atoms with Gasteiger partial charge >= 0.3 is 0 Å². The Morgan fingerprint density at radius 3 is 0.468 bits per heavy atom. The van der Waals surface area contributed by atoms with Crippen molar-refractivity contribution in [2.24, 2.45) is 0 Å². The van der Waals surface area contributed by atoms with Gasteiger partial charge in [0.15, 0.2) is 34.5 Å². The average molecular weight is 1310 g/mol. The molecule has 0 bridgehead atoms. The highest BCUT2D eigenvalue weighted by Gasteiger charge is 2.20. The van der Waals surface area contributed by atoms with Gasteiger partial charge in [0.1, 0.15) is 0 Å². The normalized spacial score (nSPS) is 11.7. The molecule has 0 radical (unpaired) electrons. The lowest BCUT2D eigenvalue weighted by Crippen LogP contribution is -2.04. The maximum absolute atomic E-state index is 12.0. The third-order valence-corrected chi connectivity index (χ3v) is 20.4. The lowest BCUT2D eigenvalue weighted by Gasteiger charge is -2.20.